The molecule has 0 bridgehead atoms. The third-order valence-corrected chi connectivity index (χ3v) is 4.02. The molecule has 0 spiro atoms. The maximum absolute atomic E-state index is 6.01. The van der Waals surface area contributed by atoms with E-state index >= 15 is 0 Å². The number of nitrogens with two attached hydrogens (primary N) is 1. The lowest BCUT2D eigenvalue weighted by Gasteiger charge is -2.23. The van der Waals surface area contributed by atoms with Gasteiger partial charge in [0.1, 0.15) is 5.82 Å². The summed E-state index contributed by atoms with van der Waals surface area (Å²) >= 11 is 0. The Morgan fingerprint density at radius 3 is 2.47 bits per heavy atom. The molecule has 2 aromatic rings. The van der Waals surface area contributed by atoms with Crippen molar-refractivity contribution in [3.05, 3.63) is 36.0 Å². The number of aryl methyl sites for hydroxylation is 1. The van der Waals surface area contributed by atoms with Crippen molar-refractivity contribution in [2.24, 2.45) is 7.05 Å². The first-order valence-corrected chi connectivity index (χ1v) is 6.84. The quantitative estimate of drug-likeness (QED) is 0.865. The van der Waals surface area contributed by atoms with Crippen molar-refractivity contribution in [3.8, 4) is 11.1 Å². The second-order valence-electron chi connectivity index (χ2n) is 5.21. The molecule has 3 N–H and O–H groups in total. The lowest BCUT2D eigenvalue weighted by Crippen LogP contribution is -2.26. The first kappa shape index (κ1) is 12.2. The predicted octanol–water partition coefficient (Wildman–Crippen LogP) is 2.14. The minimum Gasteiger partial charge on any atom is -0.383 e. The van der Waals surface area contributed by atoms with Gasteiger partial charge in [0.15, 0.2) is 0 Å². The van der Waals surface area contributed by atoms with Crippen LogP contribution in [0.3, 0.4) is 0 Å². The van der Waals surface area contributed by atoms with Gasteiger partial charge in [-0.15, -0.1) is 0 Å². The van der Waals surface area contributed by atoms with Crippen LogP contribution in [0, 0.1) is 0 Å². The molecule has 100 valence electrons. The summed E-state index contributed by atoms with van der Waals surface area (Å²) in [6, 6.07) is 8.78. The molecule has 3 rings (SSSR count). The van der Waals surface area contributed by atoms with E-state index in [-0.39, 0.29) is 0 Å². The Hall–Kier alpha value is -1.81. The molecule has 0 aliphatic carbocycles. The summed E-state index contributed by atoms with van der Waals surface area (Å²) in [6.07, 6.45) is 4.29. The predicted molar refractivity (Wildman–Crippen MR) is 77.9 cm³/mol. The molecule has 1 saturated heterocycles. The summed E-state index contributed by atoms with van der Waals surface area (Å²) in [6.45, 7) is 2.25. The zero-order valence-corrected chi connectivity index (χ0v) is 11.3. The number of piperidine rings is 1. The molecule has 1 aliphatic rings. The Morgan fingerprint density at radius 2 is 1.89 bits per heavy atom. The van der Waals surface area contributed by atoms with Gasteiger partial charge in [0.25, 0.3) is 0 Å². The van der Waals surface area contributed by atoms with Gasteiger partial charge in [-0.25, -0.2) is 0 Å². The Balaban J connectivity index is 1.84. The van der Waals surface area contributed by atoms with Crippen molar-refractivity contribution in [2.75, 3.05) is 18.8 Å². The van der Waals surface area contributed by atoms with Gasteiger partial charge < -0.3 is 11.1 Å². The van der Waals surface area contributed by atoms with Crippen molar-refractivity contribution in [1.82, 2.24) is 15.1 Å². The van der Waals surface area contributed by atoms with Crippen molar-refractivity contribution >= 4 is 5.82 Å². The number of aromatic nitrogens is 2. The molecule has 0 unspecified atom stereocenters. The summed E-state index contributed by atoms with van der Waals surface area (Å²) in [5.74, 6) is 1.41. The van der Waals surface area contributed by atoms with Crippen LogP contribution in [0.4, 0.5) is 5.82 Å². The second kappa shape index (κ2) is 5.05. The van der Waals surface area contributed by atoms with Crippen LogP contribution in [0.15, 0.2) is 30.5 Å². The van der Waals surface area contributed by atoms with Crippen molar-refractivity contribution < 1.29 is 0 Å². The zero-order valence-electron chi connectivity index (χ0n) is 11.3. The van der Waals surface area contributed by atoms with E-state index in [0.29, 0.717) is 5.92 Å². The largest absolute Gasteiger partial charge is 0.383 e. The Labute approximate surface area is 113 Å². The average Bonchev–Trinajstić information content (AvgIpc) is 2.80. The monoisotopic (exact) mass is 256 g/mol. The lowest BCUT2D eigenvalue weighted by molar-refractivity contribution is 0.460. The van der Waals surface area contributed by atoms with Gasteiger partial charge in [-0.2, -0.15) is 5.10 Å². The number of nitrogens with one attached hydrogen (secondary N) is 1. The van der Waals surface area contributed by atoms with E-state index in [0.717, 1.165) is 30.0 Å². The zero-order chi connectivity index (χ0) is 13.2. The molecule has 19 heavy (non-hydrogen) atoms. The maximum atomic E-state index is 6.01. The highest BCUT2D eigenvalue weighted by Crippen LogP contribution is 2.29. The van der Waals surface area contributed by atoms with Gasteiger partial charge in [-0.1, -0.05) is 24.3 Å². The topological polar surface area (TPSA) is 55.9 Å². The Bertz CT molecular complexity index is 550. The fourth-order valence-corrected chi connectivity index (χ4v) is 2.76. The van der Waals surface area contributed by atoms with Crippen molar-refractivity contribution in [3.63, 3.8) is 0 Å². The van der Waals surface area contributed by atoms with E-state index in [1.165, 1.54) is 18.4 Å². The van der Waals surface area contributed by atoms with Gasteiger partial charge in [0, 0.05) is 12.6 Å². The highest BCUT2D eigenvalue weighted by molar-refractivity contribution is 5.73. The first-order valence-electron chi connectivity index (χ1n) is 6.84. The van der Waals surface area contributed by atoms with E-state index in [9.17, 15) is 0 Å². The van der Waals surface area contributed by atoms with Gasteiger partial charge in [0.2, 0.25) is 0 Å². The van der Waals surface area contributed by atoms with Crippen LogP contribution in [0.1, 0.15) is 24.3 Å². The number of nitrogen functional groups attached to an aromatic ring is 1. The molecule has 0 saturated carbocycles. The summed E-state index contributed by atoms with van der Waals surface area (Å²) in [7, 11) is 1.86. The maximum Gasteiger partial charge on any atom is 0.129 e. The third kappa shape index (κ3) is 2.36. The molecular formula is C15H20N4. The fraction of sp³-hybridized carbons (Fsp3) is 0.400. The molecule has 0 amide bonds. The average molecular weight is 256 g/mol. The van der Waals surface area contributed by atoms with Crippen molar-refractivity contribution in [1.29, 1.82) is 0 Å². The third-order valence-electron chi connectivity index (χ3n) is 4.02. The normalized spacial score (nSPS) is 16.7. The molecule has 4 nitrogen and oxygen atoms in total. The minimum atomic E-state index is 0.696. The van der Waals surface area contributed by atoms with Crippen LogP contribution in [0.5, 0.6) is 0 Å². The number of anilines is 1. The summed E-state index contributed by atoms with van der Waals surface area (Å²) in [4.78, 5) is 0. The van der Waals surface area contributed by atoms with Crippen LogP contribution in [-0.4, -0.2) is 22.9 Å². The van der Waals surface area contributed by atoms with Crippen LogP contribution >= 0.6 is 0 Å². The molecule has 1 fully saturated rings. The molecule has 1 aromatic heterocycles. The molecule has 2 heterocycles. The lowest BCUT2D eigenvalue weighted by atomic mass is 9.89. The summed E-state index contributed by atoms with van der Waals surface area (Å²) in [5, 5.41) is 7.59. The Kier molecular flexibility index (Phi) is 3.25. The van der Waals surface area contributed by atoms with Crippen LogP contribution < -0.4 is 11.1 Å². The van der Waals surface area contributed by atoms with Gasteiger partial charge in [-0.3, -0.25) is 4.68 Å². The molecule has 1 aliphatic heterocycles. The number of nitrogens with zero attached hydrogens (tertiary/aromatic N) is 2. The highest BCUT2D eigenvalue weighted by Gasteiger charge is 2.15. The smallest absolute Gasteiger partial charge is 0.129 e. The van der Waals surface area contributed by atoms with Crippen LogP contribution in [0.25, 0.3) is 11.1 Å². The number of benzene rings is 1. The van der Waals surface area contributed by atoms with Crippen molar-refractivity contribution in [2.45, 2.75) is 18.8 Å². The van der Waals surface area contributed by atoms with Crippen LogP contribution in [0.2, 0.25) is 0 Å². The molecular weight excluding hydrogens is 236 g/mol. The van der Waals surface area contributed by atoms with E-state index in [2.05, 4.69) is 34.7 Å². The highest BCUT2D eigenvalue weighted by atomic mass is 15.3. The summed E-state index contributed by atoms with van der Waals surface area (Å²) in [5.41, 5.74) is 9.60. The van der Waals surface area contributed by atoms with Gasteiger partial charge in [0.05, 0.1) is 6.20 Å². The first-order chi connectivity index (χ1) is 9.25. The minimum absolute atomic E-state index is 0.696. The number of hydrogen-bond donors (Lipinski definition) is 2. The Morgan fingerprint density at radius 1 is 1.21 bits per heavy atom. The molecule has 0 atom stereocenters. The van der Waals surface area contributed by atoms with Gasteiger partial charge >= 0.3 is 0 Å². The summed E-state index contributed by atoms with van der Waals surface area (Å²) < 4.78 is 1.70. The number of rotatable bonds is 2. The SMILES string of the molecule is Cn1ncc(-c2ccc(C3CCNCC3)cc2)c1N. The van der Waals surface area contributed by atoms with E-state index in [4.69, 9.17) is 5.73 Å². The van der Waals surface area contributed by atoms with E-state index in [1.807, 2.05) is 13.2 Å². The molecule has 4 heteroatoms. The number of hydrogen-bond acceptors (Lipinski definition) is 3. The standard InChI is InChI=1S/C15H20N4/c1-19-15(16)14(10-18-19)13-4-2-11(3-5-13)12-6-8-17-9-7-12/h2-5,10,12,17H,6-9,16H2,1H3. The van der Waals surface area contributed by atoms with Crippen LogP contribution in [-0.2, 0) is 7.05 Å². The van der Waals surface area contributed by atoms with E-state index in [1.54, 1.807) is 4.68 Å². The molecule has 1 aromatic carbocycles. The van der Waals surface area contributed by atoms with E-state index < -0.39 is 0 Å². The second-order valence-corrected chi connectivity index (χ2v) is 5.21. The van der Waals surface area contributed by atoms with Gasteiger partial charge in [-0.05, 0) is 43.0 Å². The molecule has 0 radical (unpaired) electrons. The fourth-order valence-electron chi connectivity index (χ4n) is 2.76.